The molecule has 0 spiro atoms. The molecule has 14 nitrogen and oxygen atoms in total. The Balaban J connectivity index is 0.00000392. The van der Waals surface area contributed by atoms with E-state index < -0.39 is 50.6 Å². The number of aliphatic imine (C=N–C) groups is 1. The second-order valence-electron chi connectivity index (χ2n) is 12.2. The number of nitrogens with zero attached hydrogens (tertiary/aromatic N) is 3. The van der Waals surface area contributed by atoms with E-state index in [9.17, 15) is 27.9 Å². The molecule has 1 fully saturated rings. The first kappa shape index (κ1) is 40.1. The van der Waals surface area contributed by atoms with Gasteiger partial charge in [-0.2, -0.15) is 9.30 Å². The Bertz CT molecular complexity index is 1510. The lowest BCUT2D eigenvalue weighted by molar-refractivity contribution is -0.153. The molecule has 0 aromatic heterocycles. The maximum absolute atomic E-state index is 14.0. The van der Waals surface area contributed by atoms with Crippen LogP contribution in [0.5, 0.6) is 5.75 Å². The first-order valence-corrected chi connectivity index (χ1v) is 17.1. The van der Waals surface area contributed by atoms with Crippen molar-refractivity contribution in [2.75, 3.05) is 59.7 Å². The van der Waals surface area contributed by atoms with Gasteiger partial charge in [0.15, 0.2) is 0 Å². The minimum atomic E-state index is -4.45. The molecule has 0 bridgehead atoms. The van der Waals surface area contributed by atoms with E-state index in [1.54, 1.807) is 25.7 Å². The van der Waals surface area contributed by atoms with E-state index in [0.717, 1.165) is 27.6 Å². The molecule has 2 aromatic rings. The average molecular weight is 692 g/mol. The smallest absolute Gasteiger partial charge is 0.435 e. The van der Waals surface area contributed by atoms with Gasteiger partial charge in [0, 0.05) is 25.2 Å². The van der Waals surface area contributed by atoms with Crippen LogP contribution in [0.4, 0.5) is 4.79 Å². The number of hydrogen-bond acceptors (Lipinski definition) is 10. The number of morpholine rings is 1. The molecule has 266 valence electrons. The number of carbonyl (C=O) groups is 3. The predicted octanol–water partition coefficient (Wildman–Crippen LogP) is 2.61. The summed E-state index contributed by atoms with van der Waals surface area (Å²) in [6, 6.07) is 11.3. The van der Waals surface area contributed by atoms with E-state index in [4.69, 9.17) is 19.9 Å². The van der Waals surface area contributed by atoms with Crippen molar-refractivity contribution in [3.8, 4) is 5.75 Å². The van der Waals surface area contributed by atoms with Crippen molar-refractivity contribution < 1.29 is 42.1 Å². The molecular formula is C33H49N5O9S. The summed E-state index contributed by atoms with van der Waals surface area (Å²) in [5.74, 6) is -1.45. The lowest BCUT2D eigenvalue weighted by Crippen LogP contribution is -2.47. The number of carbonyl (C=O) groups excluding carboxylic acids is 3. The maximum atomic E-state index is 14.0. The highest BCUT2D eigenvalue weighted by Crippen LogP contribution is 2.28. The normalized spacial score (nSPS) is 13.9. The Morgan fingerprint density at radius 3 is 2.21 bits per heavy atom. The second-order valence-corrected chi connectivity index (χ2v) is 14.1. The van der Waals surface area contributed by atoms with E-state index in [0.29, 0.717) is 38.6 Å². The van der Waals surface area contributed by atoms with Crippen molar-refractivity contribution in [1.82, 2.24) is 9.21 Å². The molecule has 1 saturated heterocycles. The predicted molar refractivity (Wildman–Crippen MR) is 181 cm³/mol. The number of amidine groups is 1. The van der Waals surface area contributed by atoms with Crippen LogP contribution in [0.2, 0.25) is 0 Å². The van der Waals surface area contributed by atoms with Gasteiger partial charge >= 0.3 is 12.1 Å². The van der Waals surface area contributed by atoms with Crippen molar-refractivity contribution in [3.05, 3.63) is 59.2 Å². The Kier molecular flexibility index (Phi) is 15.5. The minimum Gasteiger partial charge on any atom is -0.507 e. The van der Waals surface area contributed by atoms with Crippen LogP contribution >= 0.6 is 0 Å². The number of aromatic hydroxyl groups is 1. The van der Waals surface area contributed by atoms with Crippen LogP contribution < -0.4 is 11.5 Å². The minimum absolute atomic E-state index is 0.0243. The Labute approximate surface area is 283 Å². The van der Waals surface area contributed by atoms with Gasteiger partial charge in [-0.25, -0.2) is 13.2 Å². The molecule has 48 heavy (non-hydrogen) atoms. The third kappa shape index (κ3) is 11.9. The summed E-state index contributed by atoms with van der Waals surface area (Å²) in [4.78, 5) is 41.9. The van der Waals surface area contributed by atoms with Gasteiger partial charge in [0.05, 0.1) is 25.2 Å². The summed E-state index contributed by atoms with van der Waals surface area (Å²) in [5, 5.41) is 10.6. The maximum Gasteiger partial charge on any atom is 0.435 e. The van der Waals surface area contributed by atoms with Crippen LogP contribution in [-0.4, -0.2) is 106 Å². The molecule has 2 amide bonds. The Morgan fingerprint density at radius 2 is 1.62 bits per heavy atom. The number of phenols is 1. The molecule has 0 saturated carbocycles. The fourth-order valence-electron chi connectivity index (χ4n) is 4.37. The first-order valence-electron chi connectivity index (χ1n) is 15.6. The van der Waals surface area contributed by atoms with Gasteiger partial charge in [-0.1, -0.05) is 38.1 Å². The summed E-state index contributed by atoms with van der Waals surface area (Å²) in [6.07, 6.45) is -0.766. The van der Waals surface area contributed by atoms with Gasteiger partial charge in [-0.3, -0.25) is 9.59 Å². The number of amides is 2. The quantitative estimate of drug-likeness (QED) is 0.128. The first-order chi connectivity index (χ1) is 22.6. The molecule has 0 radical (unpaired) electrons. The van der Waals surface area contributed by atoms with Crippen LogP contribution in [0.25, 0.3) is 0 Å². The molecule has 3 rings (SSSR count). The summed E-state index contributed by atoms with van der Waals surface area (Å²) in [5.41, 5.74) is 11.8. The largest absolute Gasteiger partial charge is 0.507 e. The summed E-state index contributed by atoms with van der Waals surface area (Å²) < 4.78 is 44.3. The van der Waals surface area contributed by atoms with Gasteiger partial charge in [0.25, 0.3) is 0 Å². The molecular weight excluding hydrogens is 642 g/mol. The monoisotopic (exact) mass is 691 g/mol. The van der Waals surface area contributed by atoms with Gasteiger partial charge in [-0.05, 0) is 69.5 Å². The Hall–Kier alpha value is -4.05. The highest BCUT2D eigenvalue weighted by Gasteiger charge is 2.31. The van der Waals surface area contributed by atoms with E-state index in [-0.39, 0.29) is 31.2 Å². The number of rotatable bonds is 12. The summed E-state index contributed by atoms with van der Waals surface area (Å²) in [7, 11) is -2.95. The van der Waals surface area contributed by atoms with Crippen molar-refractivity contribution in [2.45, 2.75) is 51.9 Å². The van der Waals surface area contributed by atoms with E-state index in [1.165, 1.54) is 13.1 Å². The number of sulfonamides is 1. The van der Waals surface area contributed by atoms with Crippen molar-refractivity contribution in [2.24, 2.45) is 21.9 Å². The fourth-order valence-corrected chi connectivity index (χ4v) is 5.86. The lowest BCUT2D eigenvalue weighted by atomic mass is 9.97. The third-order valence-corrected chi connectivity index (χ3v) is 9.09. The summed E-state index contributed by atoms with van der Waals surface area (Å²) >= 11 is 0. The van der Waals surface area contributed by atoms with E-state index in [1.807, 2.05) is 24.3 Å². The number of nitrogens with two attached hydrogens (primary N) is 2. The molecule has 5 N–H and O–H groups in total. The third-order valence-electron chi connectivity index (χ3n) is 7.21. The zero-order valence-electron chi connectivity index (χ0n) is 28.6. The van der Waals surface area contributed by atoms with Gasteiger partial charge in [0.1, 0.15) is 29.7 Å². The lowest BCUT2D eigenvalue weighted by Gasteiger charge is -2.30. The molecule has 0 aliphatic carbocycles. The molecule has 1 heterocycles. The second kappa shape index (κ2) is 18.5. The summed E-state index contributed by atoms with van der Waals surface area (Å²) in [6.45, 7) is 9.66. The fraction of sp³-hybridized carbons (Fsp3) is 0.515. The van der Waals surface area contributed by atoms with Gasteiger partial charge < -0.3 is 35.7 Å². The molecule has 2 aromatic carbocycles. The van der Waals surface area contributed by atoms with Gasteiger partial charge in [0.2, 0.25) is 15.9 Å². The highest BCUT2D eigenvalue weighted by molar-refractivity contribution is 7.89. The topological polar surface area (TPSA) is 204 Å². The highest BCUT2D eigenvalue weighted by atomic mass is 32.2. The number of esters is 1. The van der Waals surface area contributed by atoms with Crippen molar-refractivity contribution in [3.63, 3.8) is 0 Å². The van der Waals surface area contributed by atoms with Crippen LogP contribution in [0, 0.1) is 5.41 Å². The number of benzene rings is 2. The Morgan fingerprint density at radius 1 is 1.02 bits per heavy atom. The van der Waals surface area contributed by atoms with Crippen LogP contribution in [0.15, 0.2) is 52.4 Å². The van der Waals surface area contributed by atoms with Crippen LogP contribution in [-0.2, 0) is 40.2 Å². The van der Waals surface area contributed by atoms with Crippen molar-refractivity contribution >= 4 is 33.8 Å². The average Bonchev–Trinajstić information content (AvgIpc) is 3.05. The van der Waals surface area contributed by atoms with E-state index >= 15 is 0 Å². The molecule has 1 aliphatic heterocycles. The number of hydrogen-bond donors (Lipinski definition) is 3. The molecule has 0 atom stereocenters. The standard InChI is InChI=1S/C32H44N4O9S.CH5N/c1-22(2)24-8-6-23(7-9-24)12-13-36(21-28(38)35-14-16-43-17-15-35)46(41,42)27-20-25(10-11-26(27)37)29(33)34-31(40)45-19-18-44-30(39)32(3,4)5;1-2/h6-11,20,22,37H,12-19,21H2,1-5H3,(H2,33,34,40);2H2,1H3. The molecule has 0 unspecified atom stereocenters. The van der Waals surface area contributed by atoms with Gasteiger partial charge in [-0.15, -0.1) is 0 Å². The molecule has 1 aliphatic rings. The molecule has 15 heteroatoms. The zero-order valence-corrected chi connectivity index (χ0v) is 29.4. The van der Waals surface area contributed by atoms with E-state index in [2.05, 4.69) is 24.6 Å². The SMILES string of the molecule is CC(C)c1ccc(CCN(CC(=O)N2CCOCC2)S(=O)(=O)c2cc(/C(N)=N/C(=O)OCCOC(=O)C(C)(C)C)ccc2O)cc1.CN. The zero-order chi connectivity index (χ0) is 36.1. The van der Waals surface area contributed by atoms with Crippen LogP contribution in [0.1, 0.15) is 57.2 Å². The van der Waals surface area contributed by atoms with Crippen molar-refractivity contribution in [1.29, 1.82) is 0 Å². The number of ether oxygens (including phenoxy) is 3. The number of phenolic OH excluding ortho intramolecular Hbond substituents is 1. The van der Waals surface area contributed by atoms with Crippen LogP contribution in [0.3, 0.4) is 0 Å².